The van der Waals surface area contributed by atoms with Crippen molar-refractivity contribution in [2.45, 2.75) is 72.8 Å². The summed E-state index contributed by atoms with van der Waals surface area (Å²) in [5.41, 5.74) is 3.39. The number of ether oxygens (including phenoxy) is 1. The summed E-state index contributed by atoms with van der Waals surface area (Å²) in [4.78, 5) is 27.4. The van der Waals surface area contributed by atoms with Crippen LogP contribution in [0.3, 0.4) is 0 Å². The Morgan fingerprint density at radius 2 is 1.76 bits per heavy atom. The second kappa shape index (κ2) is 11.0. The summed E-state index contributed by atoms with van der Waals surface area (Å²) in [7, 11) is 1.62. The molecule has 1 heterocycles. The minimum Gasteiger partial charge on any atom is -0.385 e. The van der Waals surface area contributed by atoms with Crippen LogP contribution in [0.4, 0.5) is 10.6 Å². The fourth-order valence-corrected chi connectivity index (χ4v) is 3.47. The van der Waals surface area contributed by atoms with E-state index in [9.17, 15) is 9.59 Å². The Labute approximate surface area is 204 Å². The molecular formula is C26H41N5O3. The van der Waals surface area contributed by atoms with Gasteiger partial charge in [0.2, 0.25) is 5.91 Å². The van der Waals surface area contributed by atoms with Gasteiger partial charge in [0.05, 0.1) is 11.4 Å². The summed E-state index contributed by atoms with van der Waals surface area (Å²) in [5.74, 6) is 0.294. The molecule has 0 fully saturated rings. The highest BCUT2D eigenvalue weighted by Gasteiger charge is 2.25. The second-order valence-electron chi connectivity index (χ2n) is 10.9. The number of methoxy groups -OCH3 is 1. The number of nitrogens with one attached hydrogen (secondary N) is 2. The van der Waals surface area contributed by atoms with Gasteiger partial charge in [0.25, 0.3) is 0 Å². The zero-order chi connectivity index (χ0) is 25.7. The Morgan fingerprint density at radius 3 is 2.32 bits per heavy atom. The smallest absolute Gasteiger partial charge is 0.318 e. The van der Waals surface area contributed by atoms with E-state index in [0.29, 0.717) is 25.4 Å². The number of benzene rings is 1. The van der Waals surface area contributed by atoms with Crippen LogP contribution in [0.15, 0.2) is 24.3 Å². The zero-order valence-electron chi connectivity index (χ0n) is 22.2. The summed E-state index contributed by atoms with van der Waals surface area (Å²) in [6.07, 6.45) is 0.635. The van der Waals surface area contributed by atoms with Crippen LogP contribution in [0.25, 0.3) is 5.69 Å². The molecule has 2 rings (SSSR count). The van der Waals surface area contributed by atoms with Crippen molar-refractivity contribution in [2.75, 3.05) is 32.1 Å². The summed E-state index contributed by atoms with van der Waals surface area (Å²) in [6, 6.07) is 7.75. The molecular weight excluding hydrogens is 430 g/mol. The van der Waals surface area contributed by atoms with Gasteiger partial charge >= 0.3 is 6.03 Å². The number of hydrogen-bond acceptors (Lipinski definition) is 4. The number of aromatic nitrogens is 2. The van der Waals surface area contributed by atoms with E-state index in [1.54, 1.807) is 11.8 Å². The molecule has 0 saturated carbocycles. The lowest BCUT2D eigenvalue weighted by Gasteiger charge is -2.28. The lowest BCUT2D eigenvalue weighted by atomic mass is 9.92. The summed E-state index contributed by atoms with van der Waals surface area (Å²) < 4.78 is 6.90. The van der Waals surface area contributed by atoms with Crippen LogP contribution in [-0.2, 0) is 14.9 Å². The van der Waals surface area contributed by atoms with Crippen molar-refractivity contribution in [1.82, 2.24) is 20.0 Å². The Morgan fingerprint density at radius 1 is 1.09 bits per heavy atom. The molecule has 1 aromatic carbocycles. The van der Waals surface area contributed by atoms with E-state index < -0.39 is 5.54 Å². The molecule has 188 valence electrons. The molecule has 0 bridgehead atoms. The number of carbonyl (C=O) groups excluding carboxylic acids is 2. The van der Waals surface area contributed by atoms with Crippen LogP contribution in [0.2, 0.25) is 0 Å². The predicted molar refractivity (Wildman–Crippen MR) is 137 cm³/mol. The SMILES string of the molecule is COCCCN(CC(=O)Nc1cc(C(C)(C)C)nn1-c1ccc(C)cc1C)C(=O)NC(C)(C)C. The van der Waals surface area contributed by atoms with Gasteiger partial charge in [-0.1, -0.05) is 38.5 Å². The molecule has 2 aromatic rings. The van der Waals surface area contributed by atoms with Crippen molar-refractivity contribution < 1.29 is 14.3 Å². The standard InChI is InChI=1S/C26H41N5O3/c1-18-11-12-20(19(2)15-18)31-22(16-21(29-31)25(3,4)5)27-23(32)17-30(13-10-14-34-9)24(33)28-26(6,7)8/h11-12,15-16H,10,13-14,17H2,1-9H3,(H,27,32)(H,28,33). The normalized spacial score (nSPS) is 11.9. The van der Waals surface area contributed by atoms with Gasteiger partial charge in [-0.25, -0.2) is 9.48 Å². The maximum Gasteiger partial charge on any atom is 0.318 e. The molecule has 0 radical (unpaired) electrons. The summed E-state index contributed by atoms with van der Waals surface area (Å²) in [5, 5.41) is 10.7. The van der Waals surface area contributed by atoms with Crippen molar-refractivity contribution in [3.05, 3.63) is 41.1 Å². The van der Waals surface area contributed by atoms with Gasteiger partial charge in [0, 0.05) is 37.3 Å². The van der Waals surface area contributed by atoms with E-state index >= 15 is 0 Å². The van der Waals surface area contributed by atoms with Gasteiger partial charge in [-0.05, 0) is 52.7 Å². The van der Waals surface area contributed by atoms with E-state index in [-0.39, 0.29) is 23.9 Å². The summed E-state index contributed by atoms with van der Waals surface area (Å²) in [6.45, 7) is 16.9. The van der Waals surface area contributed by atoms with Crippen LogP contribution in [0.5, 0.6) is 0 Å². The third-order valence-corrected chi connectivity index (χ3v) is 5.21. The van der Waals surface area contributed by atoms with Crippen molar-refractivity contribution in [3.63, 3.8) is 0 Å². The molecule has 0 aliphatic rings. The van der Waals surface area contributed by atoms with Crippen molar-refractivity contribution in [3.8, 4) is 5.69 Å². The average molecular weight is 472 g/mol. The minimum atomic E-state index is -0.406. The molecule has 3 amide bonds. The van der Waals surface area contributed by atoms with Crippen LogP contribution in [0.1, 0.15) is 64.8 Å². The van der Waals surface area contributed by atoms with Crippen molar-refractivity contribution in [2.24, 2.45) is 0 Å². The molecule has 0 aliphatic carbocycles. The lowest BCUT2D eigenvalue weighted by Crippen LogP contribution is -2.50. The van der Waals surface area contributed by atoms with E-state index in [0.717, 1.165) is 22.5 Å². The molecule has 2 N–H and O–H groups in total. The predicted octanol–water partition coefficient (Wildman–Crippen LogP) is 4.57. The first-order chi connectivity index (χ1) is 15.7. The zero-order valence-corrected chi connectivity index (χ0v) is 22.2. The third kappa shape index (κ3) is 7.87. The Hall–Kier alpha value is -2.87. The number of aryl methyl sites for hydroxylation is 2. The number of urea groups is 1. The number of rotatable bonds is 8. The molecule has 0 aliphatic heterocycles. The monoisotopic (exact) mass is 471 g/mol. The highest BCUT2D eigenvalue weighted by atomic mass is 16.5. The molecule has 0 unspecified atom stereocenters. The average Bonchev–Trinajstić information content (AvgIpc) is 3.10. The summed E-state index contributed by atoms with van der Waals surface area (Å²) >= 11 is 0. The van der Waals surface area contributed by atoms with Gasteiger partial charge in [-0.2, -0.15) is 5.10 Å². The molecule has 34 heavy (non-hydrogen) atoms. The van der Waals surface area contributed by atoms with Gasteiger partial charge in [0.15, 0.2) is 0 Å². The topological polar surface area (TPSA) is 88.5 Å². The molecule has 8 heteroatoms. The van der Waals surface area contributed by atoms with Crippen LogP contribution < -0.4 is 10.6 Å². The minimum absolute atomic E-state index is 0.0749. The van der Waals surface area contributed by atoms with E-state index in [2.05, 4.69) is 37.5 Å². The molecule has 8 nitrogen and oxygen atoms in total. The highest BCUT2D eigenvalue weighted by Crippen LogP contribution is 2.27. The molecule has 1 aromatic heterocycles. The fourth-order valence-electron chi connectivity index (χ4n) is 3.47. The van der Waals surface area contributed by atoms with Gasteiger partial charge in [-0.15, -0.1) is 0 Å². The van der Waals surface area contributed by atoms with Crippen LogP contribution in [0, 0.1) is 13.8 Å². The Bertz CT molecular complexity index is 999. The fraction of sp³-hybridized carbons (Fsp3) is 0.577. The van der Waals surface area contributed by atoms with Crippen molar-refractivity contribution >= 4 is 17.8 Å². The molecule has 0 atom stereocenters. The first-order valence-electron chi connectivity index (χ1n) is 11.8. The Balaban J connectivity index is 2.31. The van der Waals surface area contributed by atoms with Crippen LogP contribution in [-0.4, -0.2) is 59.0 Å². The van der Waals surface area contributed by atoms with Crippen LogP contribution >= 0.6 is 0 Å². The van der Waals surface area contributed by atoms with E-state index in [1.807, 2.05) is 52.8 Å². The Kier molecular flexibility index (Phi) is 8.89. The number of hydrogen-bond donors (Lipinski definition) is 2. The molecule has 0 spiro atoms. The lowest BCUT2D eigenvalue weighted by molar-refractivity contribution is -0.116. The van der Waals surface area contributed by atoms with Gasteiger partial charge in [-0.3, -0.25) is 4.79 Å². The quantitative estimate of drug-likeness (QED) is 0.552. The van der Waals surface area contributed by atoms with E-state index in [4.69, 9.17) is 9.84 Å². The highest BCUT2D eigenvalue weighted by molar-refractivity contribution is 5.94. The second-order valence-corrected chi connectivity index (χ2v) is 10.9. The number of nitrogens with zero attached hydrogens (tertiary/aromatic N) is 3. The van der Waals surface area contributed by atoms with Gasteiger partial charge in [0.1, 0.15) is 12.4 Å². The van der Waals surface area contributed by atoms with Gasteiger partial charge < -0.3 is 20.3 Å². The maximum absolute atomic E-state index is 13.1. The first kappa shape index (κ1) is 27.4. The van der Waals surface area contributed by atoms with Crippen molar-refractivity contribution in [1.29, 1.82) is 0 Å². The first-order valence-corrected chi connectivity index (χ1v) is 11.8. The number of carbonyl (C=O) groups is 2. The number of amides is 3. The largest absolute Gasteiger partial charge is 0.385 e. The maximum atomic E-state index is 13.1. The molecule has 0 saturated heterocycles. The third-order valence-electron chi connectivity index (χ3n) is 5.21. The number of anilines is 1. The van der Waals surface area contributed by atoms with E-state index in [1.165, 1.54) is 4.90 Å².